The summed E-state index contributed by atoms with van der Waals surface area (Å²) in [6.07, 6.45) is 18.5. The Hall–Kier alpha value is -0.0400. The Morgan fingerprint density at radius 1 is 0.765 bits per heavy atom. The third-order valence-electron chi connectivity index (χ3n) is 4.40. The fourth-order valence-electron chi connectivity index (χ4n) is 2.85. The summed E-state index contributed by atoms with van der Waals surface area (Å²) in [4.78, 5) is 0. The van der Waals surface area contributed by atoms with Crippen molar-refractivity contribution in [3.63, 3.8) is 0 Å². The Kier molecular flexibility index (Phi) is 8.78. The maximum absolute atomic E-state index is 5.94. The number of hydrogen-bond donors (Lipinski definition) is 1. The van der Waals surface area contributed by atoms with Gasteiger partial charge in [-0.3, -0.25) is 0 Å². The van der Waals surface area contributed by atoms with Crippen molar-refractivity contribution in [1.82, 2.24) is 0 Å². The smallest absolute Gasteiger partial charge is 0.00672 e. The molecule has 1 aliphatic rings. The van der Waals surface area contributed by atoms with E-state index in [1.54, 1.807) is 0 Å². The average Bonchev–Trinajstić information content (AvgIpc) is 2.34. The molecule has 0 heterocycles. The quantitative estimate of drug-likeness (QED) is 0.502. The summed E-state index contributed by atoms with van der Waals surface area (Å²) >= 11 is 0. The summed E-state index contributed by atoms with van der Waals surface area (Å²) in [7, 11) is 0. The topological polar surface area (TPSA) is 26.0 Å². The molecule has 0 aromatic heterocycles. The minimum Gasteiger partial charge on any atom is -0.327 e. The van der Waals surface area contributed by atoms with Crippen LogP contribution in [-0.2, 0) is 0 Å². The highest BCUT2D eigenvalue weighted by atomic mass is 14.7. The molecule has 2 unspecified atom stereocenters. The molecule has 1 saturated carbocycles. The van der Waals surface area contributed by atoms with E-state index < -0.39 is 0 Å². The van der Waals surface area contributed by atoms with Gasteiger partial charge in [-0.15, -0.1) is 0 Å². The molecule has 2 N–H and O–H groups in total. The molecule has 0 aromatic rings. The molecule has 17 heavy (non-hydrogen) atoms. The number of nitrogens with two attached hydrogens (primary N) is 1. The van der Waals surface area contributed by atoms with E-state index in [2.05, 4.69) is 6.92 Å². The van der Waals surface area contributed by atoms with Gasteiger partial charge in [-0.25, -0.2) is 0 Å². The van der Waals surface area contributed by atoms with E-state index in [1.165, 1.54) is 83.5 Å². The molecule has 0 saturated heterocycles. The highest BCUT2D eigenvalue weighted by molar-refractivity contribution is 4.83. The van der Waals surface area contributed by atoms with Crippen molar-refractivity contribution >= 4 is 0 Å². The van der Waals surface area contributed by atoms with Gasteiger partial charge in [-0.05, 0) is 25.2 Å². The van der Waals surface area contributed by atoms with Crippen LogP contribution in [0.25, 0.3) is 0 Å². The van der Waals surface area contributed by atoms with Crippen LogP contribution in [0.2, 0.25) is 0 Å². The summed E-state index contributed by atoms with van der Waals surface area (Å²) < 4.78 is 0. The first-order valence-electron chi connectivity index (χ1n) is 8.10. The van der Waals surface area contributed by atoms with Gasteiger partial charge in [0, 0.05) is 6.04 Å². The fraction of sp³-hybridized carbons (Fsp3) is 1.00. The van der Waals surface area contributed by atoms with E-state index in [1.807, 2.05) is 0 Å². The second-order valence-corrected chi connectivity index (χ2v) is 5.97. The highest BCUT2D eigenvalue weighted by Crippen LogP contribution is 2.30. The summed E-state index contributed by atoms with van der Waals surface area (Å²) in [6, 6.07) is 0.550. The van der Waals surface area contributed by atoms with Gasteiger partial charge in [-0.2, -0.15) is 0 Å². The molecule has 2 atom stereocenters. The lowest BCUT2D eigenvalue weighted by Crippen LogP contribution is -2.39. The Morgan fingerprint density at radius 2 is 1.29 bits per heavy atom. The average molecular weight is 239 g/mol. The largest absolute Gasteiger partial charge is 0.327 e. The maximum atomic E-state index is 5.94. The molecule has 0 radical (unpaired) electrons. The zero-order valence-electron chi connectivity index (χ0n) is 11.9. The molecule has 1 nitrogen and oxygen atoms in total. The van der Waals surface area contributed by atoms with Crippen molar-refractivity contribution in [2.75, 3.05) is 0 Å². The Morgan fingerprint density at radius 3 is 1.71 bits per heavy atom. The predicted molar refractivity (Wildman–Crippen MR) is 77.2 cm³/mol. The van der Waals surface area contributed by atoms with Crippen molar-refractivity contribution in [3.8, 4) is 0 Å². The van der Waals surface area contributed by atoms with E-state index in [0.29, 0.717) is 6.04 Å². The van der Waals surface area contributed by atoms with Gasteiger partial charge in [0.1, 0.15) is 0 Å². The van der Waals surface area contributed by atoms with Gasteiger partial charge in [0.25, 0.3) is 0 Å². The van der Waals surface area contributed by atoms with Gasteiger partial charge < -0.3 is 5.73 Å². The van der Waals surface area contributed by atoms with Crippen molar-refractivity contribution in [3.05, 3.63) is 0 Å². The Bertz CT molecular complexity index is 167. The normalized spacial score (nSPS) is 23.6. The summed E-state index contributed by atoms with van der Waals surface area (Å²) in [5.41, 5.74) is 5.94. The van der Waals surface area contributed by atoms with Crippen LogP contribution in [-0.4, -0.2) is 6.04 Å². The van der Waals surface area contributed by atoms with E-state index in [-0.39, 0.29) is 0 Å². The lowest BCUT2D eigenvalue weighted by molar-refractivity contribution is 0.234. The number of hydrogen-bond acceptors (Lipinski definition) is 1. The first-order chi connectivity index (χ1) is 8.34. The maximum Gasteiger partial charge on any atom is 0.00672 e. The second kappa shape index (κ2) is 9.94. The zero-order chi connectivity index (χ0) is 12.3. The summed E-state index contributed by atoms with van der Waals surface area (Å²) in [6.45, 7) is 2.29. The monoisotopic (exact) mass is 239 g/mol. The van der Waals surface area contributed by atoms with Crippen LogP contribution < -0.4 is 5.73 Å². The first-order valence-corrected chi connectivity index (χ1v) is 8.10. The molecule has 1 heteroatoms. The fourth-order valence-corrected chi connectivity index (χ4v) is 2.85. The lowest BCUT2D eigenvalue weighted by Gasteiger charge is -2.33. The van der Waals surface area contributed by atoms with Crippen molar-refractivity contribution in [2.45, 2.75) is 96.4 Å². The van der Waals surface area contributed by atoms with E-state index in [9.17, 15) is 0 Å². The van der Waals surface area contributed by atoms with Crippen molar-refractivity contribution in [1.29, 1.82) is 0 Å². The lowest BCUT2D eigenvalue weighted by atomic mass is 9.77. The Labute approximate surface area is 109 Å². The summed E-state index contributed by atoms with van der Waals surface area (Å²) in [5, 5.41) is 0. The molecule has 0 aromatic carbocycles. The minimum atomic E-state index is 0.550. The minimum absolute atomic E-state index is 0.550. The van der Waals surface area contributed by atoms with Crippen LogP contribution in [0.5, 0.6) is 0 Å². The molecule has 0 spiro atoms. The van der Waals surface area contributed by atoms with Gasteiger partial charge in [-0.1, -0.05) is 71.1 Å². The number of rotatable bonds is 11. The standard InChI is InChI=1S/C16H33N/c1-2-3-4-5-6-7-8-9-10-11-12-15-13-14-16(15)17/h15-16H,2-14,17H2,1H3. The van der Waals surface area contributed by atoms with Gasteiger partial charge in [0.15, 0.2) is 0 Å². The van der Waals surface area contributed by atoms with Crippen LogP contribution in [0.15, 0.2) is 0 Å². The van der Waals surface area contributed by atoms with Crippen LogP contribution in [0, 0.1) is 5.92 Å². The van der Waals surface area contributed by atoms with Crippen LogP contribution >= 0.6 is 0 Å². The van der Waals surface area contributed by atoms with Crippen molar-refractivity contribution < 1.29 is 0 Å². The molecule has 0 bridgehead atoms. The predicted octanol–water partition coefficient (Wildman–Crippen LogP) is 5.03. The molecule has 1 rings (SSSR count). The van der Waals surface area contributed by atoms with Crippen LogP contribution in [0.1, 0.15) is 90.4 Å². The molecule has 102 valence electrons. The van der Waals surface area contributed by atoms with Gasteiger partial charge in [0.05, 0.1) is 0 Å². The van der Waals surface area contributed by atoms with E-state index in [0.717, 1.165) is 5.92 Å². The third kappa shape index (κ3) is 7.08. The molecule has 0 amide bonds. The molecule has 1 fully saturated rings. The van der Waals surface area contributed by atoms with Crippen LogP contribution in [0.4, 0.5) is 0 Å². The zero-order valence-corrected chi connectivity index (χ0v) is 11.9. The molecule has 1 aliphatic carbocycles. The third-order valence-corrected chi connectivity index (χ3v) is 4.40. The molecular weight excluding hydrogens is 206 g/mol. The number of unbranched alkanes of at least 4 members (excludes halogenated alkanes) is 9. The van der Waals surface area contributed by atoms with E-state index in [4.69, 9.17) is 5.73 Å². The van der Waals surface area contributed by atoms with E-state index >= 15 is 0 Å². The molecular formula is C16H33N. The van der Waals surface area contributed by atoms with Gasteiger partial charge >= 0.3 is 0 Å². The SMILES string of the molecule is CCCCCCCCCCCCC1CCC1N. The highest BCUT2D eigenvalue weighted by Gasteiger charge is 2.26. The Balaban J connectivity index is 1.70. The van der Waals surface area contributed by atoms with Crippen molar-refractivity contribution in [2.24, 2.45) is 11.7 Å². The first kappa shape index (κ1) is 15.0. The van der Waals surface area contributed by atoms with Gasteiger partial charge in [0.2, 0.25) is 0 Å². The van der Waals surface area contributed by atoms with Crippen LogP contribution in [0.3, 0.4) is 0 Å². The summed E-state index contributed by atoms with van der Waals surface area (Å²) in [5.74, 6) is 0.879. The second-order valence-electron chi connectivity index (χ2n) is 5.97. The molecule has 0 aliphatic heterocycles.